The zero-order valence-electron chi connectivity index (χ0n) is 21.8. The van der Waals surface area contributed by atoms with Crippen LogP contribution in [0.3, 0.4) is 0 Å². The van der Waals surface area contributed by atoms with Crippen LogP contribution in [0.15, 0.2) is 83.9 Å². The first kappa shape index (κ1) is 26.3. The molecule has 4 aromatic rings. The molecule has 7 heteroatoms. The maximum Gasteiger partial charge on any atom is 0.335 e. The molecule has 1 N–H and O–H groups in total. The number of carbonyl (C=O) groups excluding carboxylic acids is 1. The number of anilines is 1. The van der Waals surface area contributed by atoms with Crippen molar-refractivity contribution in [2.24, 2.45) is 0 Å². The molecule has 0 spiro atoms. The average molecular weight is 540 g/mol. The number of carboxylic acid groups (broad SMARTS) is 1. The lowest BCUT2D eigenvalue weighted by Gasteiger charge is -2.32. The zero-order chi connectivity index (χ0) is 27.4. The first-order valence-corrected chi connectivity index (χ1v) is 13.6. The Morgan fingerprint density at radius 3 is 2.28 bits per heavy atom. The van der Waals surface area contributed by atoms with Crippen LogP contribution in [0.25, 0.3) is 17.2 Å². The van der Waals surface area contributed by atoms with E-state index in [2.05, 4.69) is 17.0 Å². The van der Waals surface area contributed by atoms with E-state index in [0.29, 0.717) is 21.9 Å². The second-order valence-corrected chi connectivity index (χ2v) is 10.1. The third-order valence-corrected chi connectivity index (χ3v) is 7.85. The van der Waals surface area contributed by atoms with Gasteiger partial charge in [0.1, 0.15) is 17.1 Å². The first-order chi connectivity index (χ1) is 19.0. The van der Waals surface area contributed by atoms with Crippen LogP contribution < -0.4 is 14.4 Å². The molecule has 1 fully saturated rings. The second-order valence-electron chi connectivity index (χ2n) is 9.21. The molecular formula is C32H29NO5S. The van der Waals surface area contributed by atoms with Crippen molar-refractivity contribution in [1.82, 2.24) is 0 Å². The molecule has 39 heavy (non-hydrogen) atoms. The van der Waals surface area contributed by atoms with Gasteiger partial charge in [-0.15, -0.1) is 11.3 Å². The highest BCUT2D eigenvalue weighted by molar-refractivity contribution is 7.12. The number of ether oxygens (including phenoxy) is 2. The van der Waals surface area contributed by atoms with E-state index in [4.69, 9.17) is 9.47 Å². The van der Waals surface area contributed by atoms with E-state index in [1.54, 1.807) is 44.6 Å². The van der Waals surface area contributed by atoms with Crippen molar-refractivity contribution in [2.45, 2.75) is 19.3 Å². The van der Waals surface area contributed by atoms with Crippen molar-refractivity contribution in [2.75, 3.05) is 25.7 Å². The summed E-state index contributed by atoms with van der Waals surface area (Å²) >= 11 is 1.40. The van der Waals surface area contributed by atoms with Gasteiger partial charge in [0.05, 0.1) is 24.7 Å². The standard InChI is InChI=1S/C32H29NO5S/c1-37-27-11-7-12-28(38-2)29(27)30(34)31-26(17-19-39-31)25-10-4-3-8-22(25)20-24-9-5-6-18-33(24)23-15-13-21(14-16-23)32(35)36/h3-4,7-8,10-17,19-20H,5-6,9,18H2,1-2H3,(H,35,36). The lowest BCUT2D eigenvalue weighted by molar-refractivity contribution is 0.0696. The van der Waals surface area contributed by atoms with E-state index in [0.717, 1.165) is 53.9 Å². The fourth-order valence-corrected chi connectivity index (χ4v) is 5.87. The van der Waals surface area contributed by atoms with Crippen molar-refractivity contribution in [3.8, 4) is 22.6 Å². The molecule has 5 rings (SSSR count). The minimum atomic E-state index is -0.934. The van der Waals surface area contributed by atoms with E-state index >= 15 is 0 Å². The number of thiophene rings is 1. The number of hydrogen-bond donors (Lipinski definition) is 1. The molecule has 3 aromatic carbocycles. The third kappa shape index (κ3) is 5.31. The van der Waals surface area contributed by atoms with Gasteiger partial charge in [-0.1, -0.05) is 30.3 Å². The van der Waals surface area contributed by atoms with Crippen molar-refractivity contribution >= 4 is 34.9 Å². The summed E-state index contributed by atoms with van der Waals surface area (Å²) in [5.41, 5.74) is 5.65. The molecule has 1 aromatic heterocycles. The fraction of sp³-hybridized carbons (Fsp3) is 0.188. The lowest BCUT2D eigenvalue weighted by Crippen LogP contribution is -2.27. The molecule has 0 radical (unpaired) electrons. The topological polar surface area (TPSA) is 76.1 Å². The fourth-order valence-electron chi connectivity index (χ4n) is 5.02. The Hall–Kier alpha value is -4.36. The van der Waals surface area contributed by atoms with Gasteiger partial charge in [0.2, 0.25) is 5.78 Å². The highest BCUT2D eigenvalue weighted by Crippen LogP contribution is 2.38. The maximum atomic E-state index is 13.9. The highest BCUT2D eigenvalue weighted by Gasteiger charge is 2.25. The molecule has 198 valence electrons. The molecule has 0 unspecified atom stereocenters. The molecule has 0 amide bonds. The summed E-state index contributed by atoms with van der Waals surface area (Å²) in [5.74, 6) is -0.131. The minimum absolute atomic E-state index is 0.144. The van der Waals surface area contributed by atoms with Crippen molar-refractivity contribution in [1.29, 1.82) is 0 Å². The number of rotatable bonds is 8. The smallest absolute Gasteiger partial charge is 0.335 e. The van der Waals surface area contributed by atoms with Crippen LogP contribution in [0.5, 0.6) is 11.5 Å². The van der Waals surface area contributed by atoms with Crippen LogP contribution in [-0.2, 0) is 0 Å². The quantitative estimate of drug-likeness (QED) is 0.235. The van der Waals surface area contributed by atoms with E-state index in [1.807, 2.05) is 41.8 Å². The summed E-state index contributed by atoms with van der Waals surface area (Å²) in [6.07, 6.45) is 5.23. The van der Waals surface area contributed by atoms with Gasteiger partial charge >= 0.3 is 5.97 Å². The van der Waals surface area contributed by atoms with Gasteiger partial charge in [0, 0.05) is 23.5 Å². The van der Waals surface area contributed by atoms with Crippen LogP contribution in [-0.4, -0.2) is 37.6 Å². The van der Waals surface area contributed by atoms with Crippen LogP contribution in [0.4, 0.5) is 5.69 Å². The Morgan fingerprint density at radius 2 is 1.59 bits per heavy atom. The lowest BCUT2D eigenvalue weighted by atomic mass is 9.95. The Balaban J connectivity index is 1.55. The van der Waals surface area contributed by atoms with Gasteiger partial charge in [-0.25, -0.2) is 4.79 Å². The summed E-state index contributed by atoms with van der Waals surface area (Å²) in [6.45, 7) is 0.857. The first-order valence-electron chi connectivity index (χ1n) is 12.8. The van der Waals surface area contributed by atoms with Crippen molar-refractivity contribution in [3.05, 3.63) is 105 Å². The summed E-state index contributed by atoms with van der Waals surface area (Å²) in [4.78, 5) is 28.1. The molecular weight excluding hydrogens is 510 g/mol. The summed E-state index contributed by atoms with van der Waals surface area (Å²) in [6, 6.07) is 22.4. The van der Waals surface area contributed by atoms with Crippen molar-refractivity contribution < 1.29 is 24.2 Å². The van der Waals surface area contributed by atoms with Crippen LogP contribution >= 0.6 is 11.3 Å². The number of methoxy groups -OCH3 is 2. The molecule has 1 aliphatic rings. The number of allylic oxidation sites excluding steroid dienone is 1. The molecule has 2 heterocycles. The van der Waals surface area contributed by atoms with Gasteiger partial charge in [-0.2, -0.15) is 0 Å². The monoisotopic (exact) mass is 539 g/mol. The Kier molecular flexibility index (Phi) is 7.79. The molecule has 6 nitrogen and oxygen atoms in total. The predicted molar refractivity (Wildman–Crippen MR) is 155 cm³/mol. The number of carbonyl (C=O) groups is 2. The predicted octanol–water partition coefficient (Wildman–Crippen LogP) is 7.39. The van der Waals surface area contributed by atoms with Gasteiger partial charge in [0.25, 0.3) is 0 Å². The molecule has 0 saturated carbocycles. The van der Waals surface area contributed by atoms with Crippen LogP contribution in [0.1, 0.15) is 50.4 Å². The Morgan fingerprint density at radius 1 is 0.872 bits per heavy atom. The highest BCUT2D eigenvalue weighted by atomic mass is 32.1. The average Bonchev–Trinajstić information content (AvgIpc) is 3.47. The molecule has 0 bridgehead atoms. The van der Waals surface area contributed by atoms with Gasteiger partial charge in [-0.05, 0) is 84.3 Å². The summed E-state index contributed by atoms with van der Waals surface area (Å²) in [7, 11) is 3.10. The SMILES string of the molecule is COc1cccc(OC)c1C(=O)c1sccc1-c1ccccc1C=C1CCCCN1c1ccc(C(=O)O)cc1. The van der Waals surface area contributed by atoms with Crippen LogP contribution in [0, 0.1) is 0 Å². The molecule has 1 aliphatic heterocycles. The number of carboxylic acids is 1. The summed E-state index contributed by atoms with van der Waals surface area (Å²) in [5, 5.41) is 11.2. The zero-order valence-corrected chi connectivity index (χ0v) is 22.7. The normalized spacial score (nSPS) is 14.3. The molecule has 1 saturated heterocycles. The number of benzene rings is 3. The number of ketones is 1. The molecule has 0 aliphatic carbocycles. The van der Waals surface area contributed by atoms with Crippen LogP contribution in [0.2, 0.25) is 0 Å². The number of aromatic carboxylic acids is 1. The van der Waals surface area contributed by atoms with Gasteiger partial charge in [0.15, 0.2) is 0 Å². The van der Waals surface area contributed by atoms with E-state index < -0.39 is 5.97 Å². The molecule has 0 atom stereocenters. The second kappa shape index (κ2) is 11.6. The Bertz CT molecular complexity index is 1510. The number of hydrogen-bond acceptors (Lipinski definition) is 6. The van der Waals surface area contributed by atoms with Gasteiger partial charge in [-0.3, -0.25) is 4.79 Å². The number of piperidine rings is 1. The number of nitrogens with zero attached hydrogens (tertiary/aromatic N) is 1. The van der Waals surface area contributed by atoms with Crippen molar-refractivity contribution in [3.63, 3.8) is 0 Å². The third-order valence-electron chi connectivity index (χ3n) is 6.94. The van der Waals surface area contributed by atoms with E-state index in [1.165, 1.54) is 11.3 Å². The summed E-state index contributed by atoms with van der Waals surface area (Å²) < 4.78 is 11.0. The largest absolute Gasteiger partial charge is 0.496 e. The van der Waals surface area contributed by atoms with E-state index in [9.17, 15) is 14.7 Å². The van der Waals surface area contributed by atoms with Gasteiger partial charge < -0.3 is 19.5 Å². The minimum Gasteiger partial charge on any atom is -0.496 e. The van der Waals surface area contributed by atoms with E-state index in [-0.39, 0.29) is 11.3 Å². The Labute approximate surface area is 231 Å². The maximum absolute atomic E-state index is 13.9.